The number of ether oxygens (including phenoxy) is 2. The van der Waals surface area contributed by atoms with E-state index in [9.17, 15) is 9.59 Å². The summed E-state index contributed by atoms with van der Waals surface area (Å²) in [4.78, 5) is 22.7. The Morgan fingerprint density at radius 3 is 2.50 bits per heavy atom. The van der Waals surface area contributed by atoms with Gasteiger partial charge in [0.2, 0.25) is 0 Å². The van der Waals surface area contributed by atoms with Crippen molar-refractivity contribution in [3.05, 3.63) is 12.7 Å². The number of carbonyl (C=O) groups is 2. The minimum Gasteiger partial charge on any atom is -0.459 e. The fourth-order valence-electron chi connectivity index (χ4n) is 2.08. The summed E-state index contributed by atoms with van der Waals surface area (Å²) in [5.41, 5.74) is 0. The number of rotatable bonds is 5. The molecule has 1 saturated carbocycles. The third kappa shape index (κ3) is 4.90. The Morgan fingerprint density at radius 1 is 1.33 bits per heavy atom. The third-order valence-corrected chi connectivity index (χ3v) is 3.29. The van der Waals surface area contributed by atoms with Crippen LogP contribution in [0.1, 0.15) is 39.5 Å². The van der Waals surface area contributed by atoms with Crippen LogP contribution in [0.25, 0.3) is 0 Å². The molecule has 4 heteroatoms. The van der Waals surface area contributed by atoms with Crippen LogP contribution in [-0.2, 0) is 19.1 Å². The summed E-state index contributed by atoms with van der Waals surface area (Å²) < 4.78 is 10.1. The van der Waals surface area contributed by atoms with Crippen LogP contribution in [0, 0.1) is 11.8 Å². The average Bonchev–Trinajstić information content (AvgIpc) is 2.36. The molecule has 0 saturated heterocycles. The first kappa shape index (κ1) is 14.7. The van der Waals surface area contributed by atoms with Crippen molar-refractivity contribution >= 4 is 11.9 Å². The zero-order valence-corrected chi connectivity index (χ0v) is 11.2. The van der Waals surface area contributed by atoms with Crippen LogP contribution in [0.4, 0.5) is 0 Å². The molecule has 1 atom stereocenters. The van der Waals surface area contributed by atoms with Crippen LogP contribution in [0.5, 0.6) is 0 Å². The third-order valence-electron chi connectivity index (χ3n) is 3.29. The summed E-state index contributed by atoms with van der Waals surface area (Å²) in [6.45, 7) is 7.31. The summed E-state index contributed by atoms with van der Waals surface area (Å²) in [5.74, 6) is 0.0622. The van der Waals surface area contributed by atoms with Gasteiger partial charge in [-0.2, -0.15) is 0 Å². The number of hydrogen-bond donors (Lipinski definition) is 0. The predicted octanol–water partition coefficient (Wildman–Crippen LogP) is 2.47. The van der Waals surface area contributed by atoms with Gasteiger partial charge in [0.25, 0.3) is 0 Å². The maximum absolute atomic E-state index is 11.8. The lowest BCUT2D eigenvalue weighted by Gasteiger charge is -2.25. The maximum Gasteiger partial charge on any atom is 0.330 e. The molecule has 0 aromatic heterocycles. The molecule has 0 amide bonds. The molecule has 18 heavy (non-hydrogen) atoms. The second-order valence-electron chi connectivity index (χ2n) is 5.04. The van der Waals surface area contributed by atoms with Gasteiger partial charge in [-0.1, -0.05) is 13.5 Å². The fourth-order valence-corrected chi connectivity index (χ4v) is 2.08. The Bertz CT molecular complexity index is 303. The van der Waals surface area contributed by atoms with Crippen LogP contribution < -0.4 is 0 Å². The standard InChI is InChI=1S/C14H22O4/c1-4-13(15)17-9-11(3)18-14(16)12-7-5-10(2)6-8-12/h4,10-12H,1,5-9H2,2-3H3. The largest absolute Gasteiger partial charge is 0.459 e. The molecule has 1 rings (SSSR count). The molecule has 1 aliphatic rings. The zero-order valence-electron chi connectivity index (χ0n) is 11.2. The minimum absolute atomic E-state index is 0.0127. The number of hydrogen-bond acceptors (Lipinski definition) is 4. The minimum atomic E-state index is -0.496. The van der Waals surface area contributed by atoms with Crippen LogP contribution in [0.3, 0.4) is 0 Å². The van der Waals surface area contributed by atoms with Crippen molar-refractivity contribution in [1.29, 1.82) is 0 Å². The molecule has 0 heterocycles. The highest BCUT2D eigenvalue weighted by molar-refractivity contribution is 5.81. The van der Waals surface area contributed by atoms with Crippen molar-refractivity contribution in [2.24, 2.45) is 11.8 Å². The lowest BCUT2D eigenvalue weighted by molar-refractivity contribution is -0.160. The Hall–Kier alpha value is -1.32. The molecule has 1 aliphatic carbocycles. The summed E-state index contributed by atoms with van der Waals surface area (Å²) in [6, 6.07) is 0. The van der Waals surface area contributed by atoms with Crippen molar-refractivity contribution in [2.75, 3.05) is 6.61 Å². The van der Waals surface area contributed by atoms with E-state index in [1.807, 2.05) is 0 Å². The molecule has 0 radical (unpaired) electrons. The smallest absolute Gasteiger partial charge is 0.330 e. The molecule has 4 nitrogen and oxygen atoms in total. The first-order valence-electron chi connectivity index (χ1n) is 6.52. The van der Waals surface area contributed by atoms with Crippen molar-refractivity contribution in [2.45, 2.75) is 45.6 Å². The fraction of sp³-hybridized carbons (Fsp3) is 0.714. The number of esters is 2. The molecular weight excluding hydrogens is 232 g/mol. The molecule has 0 N–H and O–H groups in total. The lowest BCUT2D eigenvalue weighted by Crippen LogP contribution is -2.28. The molecule has 0 bridgehead atoms. The van der Waals surface area contributed by atoms with Crippen LogP contribution >= 0.6 is 0 Å². The van der Waals surface area contributed by atoms with E-state index in [1.165, 1.54) is 0 Å². The summed E-state index contributed by atoms with van der Waals surface area (Å²) in [5, 5.41) is 0. The molecule has 102 valence electrons. The van der Waals surface area contributed by atoms with E-state index >= 15 is 0 Å². The van der Waals surface area contributed by atoms with Gasteiger partial charge in [-0.05, 0) is 38.5 Å². The van der Waals surface area contributed by atoms with Crippen LogP contribution in [0.2, 0.25) is 0 Å². The van der Waals surface area contributed by atoms with Gasteiger partial charge in [-0.3, -0.25) is 4.79 Å². The number of carbonyl (C=O) groups excluding carboxylic acids is 2. The first-order valence-corrected chi connectivity index (χ1v) is 6.52. The quantitative estimate of drug-likeness (QED) is 0.558. The zero-order chi connectivity index (χ0) is 13.5. The molecule has 1 fully saturated rings. The van der Waals surface area contributed by atoms with Crippen molar-refractivity contribution < 1.29 is 19.1 Å². The predicted molar refractivity (Wildman–Crippen MR) is 67.8 cm³/mol. The Kier molecular flexibility index (Phi) is 5.89. The Labute approximate surface area is 108 Å². The van der Waals surface area contributed by atoms with E-state index in [2.05, 4.69) is 13.5 Å². The topological polar surface area (TPSA) is 52.6 Å². The van der Waals surface area contributed by atoms with E-state index in [-0.39, 0.29) is 18.5 Å². The molecule has 0 aromatic rings. The van der Waals surface area contributed by atoms with Gasteiger partial charge in [0.1, 0.15) is 12.7 Å². The van der Waals surface area contributed by atoms with E-state index in [0.29, 0.717) is 5.92 Å². The normalized spacial score (nSPS) is 25.0. The SMILES string of the molecule is C=CC(=O)OCC(C)OC(=O)C1CCC(C)CC1. The lowest BCUT2D eigenvalue weighted by atomic mass is 9.83. The van der Waals surface area contributed by atoms with Gasteiger partial charge >= 0.3 is 11.9 Å². The van der Waals surface area contributed by atoms with Crippen molar-refractivity contribution in [1.82, 2.24) is 0 Å². The molecule has 0 aromatic carbocycles. The van der Waals surface area contributed by atoms with Crippen LogP contribution in [0.15, 0.2) is 12.7 Å². The molecule has 0 aliphatic heterocycles. The maximum atomic E-state index is 11.8. The first-order chi connectivity index (χ1) is 8.52. The average molecular weight is 254 g/mol. The van der Waals surface area contributed by atoms with Gasteiger partial charge in [-0.15, -0.1) is 0 Å². The van der Waals surface area contributed by atoms with Gasteiger partial charge < -0.3 is 9.47 Å². The van der Waals surface area contributed by atoms with Gasteiger partial charge in [0, 0.05) is 6.08 Å². The van der Waals surface area contributed by atoms with Crippen LogP contribution in [-0.4, -0.2) is 24.6 Å². The van der Waals surface area contributed by atoms with E-state index in [0.717, 1.165) is 31.8 Å². The molecule has 0 spiro atoms. The van der Waals surface area contributed by atoms with Crippen molar-refractivity contribution in [3.8, 4) is 0 Å². The van der Waals surface area contributed by atoms with E-state index in [4.69, 9.17) is 9.47 Å². The molecule has 1 unspecified atom stereocenters. The summed E-state index contributed by atoms with van der Waals surface area (Å²) in [7, 11) is 0. The highest BCUT2D eigenvalue weighted by Crippen LogP contribution is 2.29. The second-order valence-corrected chi connectivity index (χ2v) is 5.04. The molecular formula is C14H22O4. The summed E-state index contributed by atoms with van der Waals surface area (Å²) >= 11 is 0. The van der Waals surface area contributed by atoms with E-state index < -0.39 is 12.1 Å². The Balaban J connectivity index is 2.26. The monoisotopic (exact) mass is 254 g/mol. The highest BCUT2D eigenvalue weighted by atomic mass is 16.6. The Morgan fingerprint density at radius 2 is 1.94 bits per heavy atom. The van der Waals surface area contributed by atoms with Gasteiger partial charge in [-0.25, -0.2) is 4.79 Å². The second kappa shape index (κ2) is 7.19. The van der Waals surface area contributed by atoms with E-state index in [1.54, 1.807) is 6.92 Å². The van der Waals surface area contributed by atoms with Gasteiger partial charge in [0.15, 0.2) is 0 Å². The van der Waals surface area contributed by atoms with Crippen molar-refractivity contribution in [3.63, 3.8) is 0 Å². The highest BCUT2D eigenvalue weighted by Gasteiger charge is 2.26. The summed E-state index contributed by atoms with van der Waals surface area (Å²) in [6.07, 6.45) is 4.66. The van der Waals surface area contributed by atoms with Gasteiger partial charge in [0.05, 0.1) is 5.92 Å².